The van der Waals surface area contributed by atoms with Crippen molar-refractivity contribution in [1.82, 2.24) is 26.2 Å². The fraction of sp³-hybridized carbons (Fsp3) is 0.667. The van der Waals surface area contributed by atoms with E-state index in [1.807, 2.05) is 85.7 Å². The number of nitrogens with one attached hydrogen (secondary N) is 4. The average molecular weight is 669 g/mol. The maximum absolute atomic E-state index is 14.3. The number of urea groups is 1. The molecule has 12 nitrogen and oxygen atoms in total. The first-order valence-electron chi connectivity index (χ1n) is 17.1. The average Bonchev–Trinajstić information content (AvgIpc) is 3.43. The normalized spacial score (nSPS) is 20.2. The van der Waals surface area contributed by atoms with Gasteiger partial charge in [0.2, 0.25) is 23.5 Å². The summed E-state index contributed by atoms with van der Waals surface area (Å²) in [4.78, 5) is 81.1. The van der Waals surface area contributed by atoms with Gasteiger partial charge in [-0.1, -0.05) is 105 Å². The predicted molar refractivity (Wildman–Crippen MR) is 183 cm³/mol. The minimum Gasteiger partial charge on any atom is -0.363 e. The predicted octanol–water partition coefficient (Wildman–Crippen LogP) is 3.03. The zero-order valence-corrected chi connectivity index (χ0v) is 29.9. The molecule has 2 unspecified atom stereocenters. The van der Waals surface area contributed by atoms with Gasteiger partial charge in [0.05, 0.1) is 6.04 Å². The molecule has 266 valence electrons. The summed E-state index contributed by atoms with van der Waals surface area (Å²) in [6.07, 6.45) is 3.72. The van der Waals surface area contributed by atoms with Crippen LogP contribution in [0.1, 0.15) is 93.1 Å². The van der Waals surface area contributed by atoms with E-state index in [-0.39, 0.29) is 30.2 Å². The van der Waals surface area contributed by atoms with E-state index >= 15 is 0 Å². The summed E-state index contributed by atoms with van der Waals surface area (Å²) in [5, 5.41) is 11.3. The number of benzene rings is 1. The van der Waals surface area contributed by atoms with Gasteiger partial charge in [-0.25, -0.2) is 4.79 Å². The first kappa shape index (κ1) is 38.5. The van der Waals surface area contributed by atoms with Crippen molar-refractivity contribution in [3.63, 3.8) is 0 Å². The number of ketones is 1. The summed E-state index contributed by atoms with van der Waals surface area (Å²) in [5.41, 5.74) is 4.83. The molecule has 0 bridgehead atoms. The zero-order chi connectivity index (χ0) is 36.0. The third-order valence-corrected chi connectivity index (χ3v) is 9.62. The van der Waals surface area contributed by atoms with Crippen molar-refractivity contribution in [2.45, 2.75) is 118 Å². The molecule has 3 rings (SSSR count). The third kappa shape index (κ3) is 10.0. The highest BCUT2D eigenvalue weighted by atomic mass is 16.2. The molecule has 2 aliphatic rings. The molecule has 1 saturated heterocycles. The van der Waals surface area contributed by atoms with E-state index in [1.165, 1.54) is 4.90 Å². The van der Waals surface area contributed by atoms with Crippen molar-refractivity contribution in [3.05, 3.63) is 35.9 Å². The van der Waals surface area contributed by atoms with Crippen LogP contribution in [-0.4, -0.2) is 71.1 Å². The van der Waals surface area contributed by atoms with Crippen molar-refractivity contribution in [2.24, 2.45) is 34.3 Å². The highest BCUT2D eigenvalue weighted by Crippen LogP contribution is 2.34. The van der Waals surface area contributed by atoms with Crippen molar-refractivity contribution >= 4 is 35.4 Å². The van der Waals surface area contributed by atoms with Crippen LogP contribution in [0.4, 0.5) is 4.79 Å². The van der Waals surface area contributed by atoms with Crippen molar-refractivity contribution in [1.29, 1.82) is 0 Å². The molecule has 1 aliphatic carbocycles. The first-order valence-corrected chi connectivity index (χ1v) is 17.1. The summed E-state index contributed by atoms with van der Waals surface area (Å²) in [6.45, 7) is 15.5. The standard InChI is InChI=1S/C36H56N6O6/c1-21(2)24-17-18-42(26(24)31(45)39-25(27(43)30(37)44)19-22-15-12-16-22)33(47)29(36(6,7)8)41-34(48)40-28(35(3,4)5)32(46)38-20-23-13-10-9-11-14-23/h9-11,13-14,21-22,24-26,28-29H,12,15-20H2,1-8H3,(H2,37,44)(H,38,46)(H,39,45)(H2,40,41,48)/t24?,25?,26-,28+,29+/m0/s1. The fourth-order valence-electron chi connectivity index (χ4n) is 6.50. The number of rotatable bonds is 13. The Morgan fingerprint density at radius 1 is 0.854 bits per heavy atom. The topological polar surface area (TPSA) is 180 Å². The SMILES string of the molecule is CC(C)C1CCN(C(=O)[C@@H](NC(=O)N[C@H](C(=O)NCc2ccccc2)C(C)(C)C)C(C)(C)C)[C@@H]1C(=O)NC(CC1CCC1)C(=O)C(N)=O. The van der Waals surface area contributed by atoms with Crippen LogP contribution >= 0.6 is 0 Å². The second-order valence-corrected chi connectivity index (χ2v) is 15.9. The summed E-state index contributed by atoms with van der Waals surface area (Å²) in [7, 11) is 0. The molecule has 1 aromatic rings. The highest BCUT2D eigenvalue weighted by molar-refractivity contribution is 6.37. The summed E-state index contributed by atoms with van der Waals surface area (Å²) >= 11 is 0. The number of likely N-dealkylation sites (tertiary alicyclic amines) is 1. The molecule has 1 saturated carbocycles. The maximum Gasteiger partial charge on any atom is 0.316 e. The highest BCUT2D eigenvalue weighted by Gasteiger charge is 2.48. The molecule has 1 aliphatic heterocycles. The van der Waals surface area contributed by atoms with Crippen LogP contribution in [0, 0.1) is 28.6 Å². The third-order valence-electron chi connectivity index (χ3n) is 9.62. The molecule has 2 fully saturated rings. The smallest absolute Gasteiger partial charge is 0.316 e. The molecular formula is C36H56N6O6. The molecule has 0 radical (unpaired) electrons. The lowest BCUT2D eigenvalue weighted by Crippen LogP contribution is -2.63. The molecule has 0 spiro atoms. The van der Waals surface area contributed by atoms with Crippen molar-refractivity contribution in [2.75, 3.05) is 6.54 Å². The second kappa shape index (κ2) is 16.0. The summed E-state index contributed by atoms with van der Waals surface area (Å²) < 4.78 is 0. The van der Waals surface area contributed by atoms with Crippen LogP contribution < -0.4 is 27.0 Å². The lowest BCUT2D eigenvalue weighted by Gasteiger charge is -2.38. The number of hydrogen-bond acceptors (Lipinski definition) is 6. The minimum absolute atomic E-state index is 0.0294. The number of primary amides is 1. The Morgan fingerprint density at radius 2 is 1.44 bits per heavy atom. The molecule has 6 N–H and O–H groups in total. The van der Waals surface area contributed by atoms with Crippen LogP contribution in [0.2, 0.25) is 0 Å². The van der Waals surface area contributed by atoms with Crippen molar-refractivity contribution in [3.8, 4) is 0 Å². The Balaban J connectivity index is 1.80. The van der Waals surface area contributed by atoms with E-state index in [4.69, 9.17) is 5.73 Å². The largest absolute Gasteiger partial charge is 0.363 e. The van der Waals surface area contributed by atoms with Crippen LogP contribution in [0.5, 0.6) is 0 Å². The van der Waals surface area contributed by atoms with Gasteiger partial charge in [-0.15, -0.1) is 0 Å². The van der Waals surface area contributed by atoms with Gasteiger partial charge >= 0.3 is 6.03 Å². The van der Waals surface area contributed by atoms with Gasteiger partial charge in [-0.05, 0) is 47.0 Å². The molecule has 6 amide bonds. The Morgan fingerprint density at radius 3 is 1.94 bits per heavy atom. The Bertz CT molecular complexity index is 1330. The van der Waals surface area contributed by atoms with Crippen LogP contribution in [-0.2, 0) is 30.5 Å². The number of carbonyl (C=O) groups is 6. The van der Waals surface area contributed by atoms with Crippen LogP contribution in [0.25, 0.3) is 0 Å². The van der Waals surface area contributed by atoms with Crippen molar-refractivity contribution < 1.29 is 28.8 Å². The Kier molecular flexibility index (Phi) is 12.8. The Hall–Kier alpha value is -3.96. The van der Waals surface area contributed by atoms with Gasteiger partial charge in [0.1, 0.15) is 18.1 Å². The van der Waals surface area contributed by atoms with E-state index in [0.29, 0.717) is 19.4 Å². The van der Waals surface area contributed by atoms with E-state index < -0.39 is 64.5 Å². The number of nitrogens with two attached hydrogens (primary N) is 1. The molecule has 48 heavy (non-hydrogen) atoms. The minimum atomic E-state index is -1.11. The zero-order valence-electron chi connectivity index (χ0n) is 29.9. The maximum atomic E-state index is 14.3. The van der Waals surface area contributed by atoms with Gasteiger partial charge in [0.15, 0.2) is 0 Å². The summed E-state index contributed by atoms with van der Waals surface area (Å²) in [5.74, 6) is -3.25. The quantitative estimate of drug-likeness (QED) is 0.202. The summed E-state index contributed by atoms with van der Waals surface area (Å²) in [6, 6.07) is 4.81. The Labute approximate surface area is 285 Å². The van der Waals surface area contributed by atoms with E-state index in [2.05, 4.69) is 21.3 Å². The van der Waals surface area contributed by atoms with E-state index in [1.54, 1.807) is 0 Å². The molecule has 1 heterocycles. The number of hydrogen-bond donors (Lipinski definition) is 5. The molecule has 0 aromatic heterocycles. The molecule has 1 aromatic carbocycles. The number of Topliss-reactive ketones (excluding diaryl/α,β-unsaturated/α-hetero) is 1. The van der Waals surface area contributed by atoms with Gasteiger partial charge in [0, 0.05) is 13.1 Å². The number of amides is 6. The van der Waals surface area contributed by atoms with Gasteiger partial charge in [-0.2, -0.15) is 0 Å². The number of nitrogens with zero attached hydrogens (tertiary/aromatic N) is 1. The molecule has 12 heteroatoms. The van der Waals surface area contributed by atoms with Crippen LogP contribution in [0.3, 0.4) is 0 Å². The van der Waals surface area contributed by atoms with E-state index in [9.17, 15) is 28.8 Å². The second-order valence-electron chi connectivity index (χ2n) is 15.9. The fourth-order valence-corrected chi connectivity index (χ4v) is 6.50. The van der Waals surface area contributed by atoms with E-state index in [0.717, 1.165) is 24.8 Å². The van der Waals surface area contributed by atoms with Crippen LogP contribution in [0.15, 0.2) is 30.3 Å². The first-order chi connectivity index (χ1) is 22.3. The van der Waals surface area contributed by atoms with Gasteiger partial charge in [0.25, 0.3) is 5.91 Å². The van der Waals surface area contributed by atoms with Gasteiger partial charge in [-0.3, -0.25) is 24.0 Å². The molecule has 5 atom stereocenters. The lowest BCUT2D eigenvalue weighted by molar-refractivity contribution is -0.144. The lowest BCUT2D eigenvalue weighted by atomic mass is 9.80. The monoisotopic (exact) mass is 668 g/mol. The number of carbonyl (C=O) groups excluding carboxylic acids is 6. The van der Waals surface area contributed by atoms with Gasteiger partial charge < -0.3 is 31.9 Å². The molecular weight excluding hydrogens is 612 g/mol.